The van der Waals surface area contributed by atoms with Gasteiger partial charge in [-0.05, 0) is 19.9 Å². The second-order valence-corrected chi connectivity index (χ2v) is 3.81. The Bertz CT molecular complexity index is 560. The summed E-state index contributed by atoms with van der Waals surface area (Å²) in [6, 6.07) is 0.931. The molecule has 0 bridgehead atoms. The zero-order valence-corrected chi connectivity index (χ0v) is 9.13. The van der Waals surface area contributed by atoms with E-state index >= 15 is 0 Å². The molecule has 17 heavy (non-hydrogen) atoms. The summed E-state index contributed by atoms with van der Waals surface area (Å²) in [6.45, 7) is 2.97. The van der Waals surface area contributed by atoms with Crippen molar-refractivity contribution in [3.8, 4) is 0 Å². The van der Waals surface area contributed by atoms with Gasteiger partial charge < -0.3 is 5.11 Å². The van der Waals surface area contributed by atoms with Crippen molar-refractivity contribution in [1.29, 1.82) is 0 Å². The number of hydrogen-bond acceptors (Lipinski definition) is 3. The van der Waals surface area contributed by atoms with Crippen molar-refractivity contribution in [2.75, 3.05) is 0 Å². The fraction of sp³-hybridized carbons (Fsp3) is 0.400. The van der Waals surface area contributed by atoms with E-state index in [4.69, 9.17) is 0 Å². The summed E-state index contributed by atoms with van der Waals surface area (Å²) in [7, 11) is 0. The van der Waals surface area contributed by atoms with Gasteiger partial charge in [0.25, 0.3) is 0 Å². The first kappa shape index (κ1) is 11.8. The van der Waals surface area contributed by atoms with Crippen LogP contribution in [-0.4, -0.2) is 20.3 Å². The number of aliphatic hydroxyl groups excluding tert-OH is 1. The summed E-state index contributed by atoms with van der Waals surface area (Å²) < 4.78 is 37.9. The maximum atomic E-state index is 12.6. The standard InChI is InChI=1S/C10H10F3N3O/c1-4-6-3-7(10(11,12)13)14-8(5(2)17)9(6)16-15-4/h3,5,17H,1-2H3,(H,15,16). The molecule has 0 amide bonds. The predicted octanol–water partition coefficient (Wildman–Crippen LogP) is 2.34. The number of nitrogens with zero attached hydrogens (tertiary/aromatic N) is 2. The number of halogens is 3. The van der Waals surface area contributed by atoms with Crippen LogP contribution < -0.4 is 0 Å². The highest BCUT2D eigenvalue weighted by Crippen LogP contribution is 2.32. The molecule has 0 fully saturated rings. The SMILES string of the molecule is Cc1[nH]nc2c(C(C)O)nc(C(F)(F)F)cc12. The van der Waals surface area contributed by atoms with Gasteiger partial charge in [0.1, 0.15) is 11.2 Å². The van der Waals surface area contributed by atoms with Gasteiger partial charge in [0.2, 0.25) is 0 Å². The first-order valence-corrected chi connectivity index (χ1v) is 4.91. The van der Waals surface area contributed by atoms with Gasteiger partial charge in [-0.2, -0.15) is 18.3 Å². The van der Waals surface area contributed by atoms with Gasteiger partial charge in [0, 0.05) is 11.1 Å². The minimum atomic E-state index is -4.54. The minimum Gasteiger partial charge on any atom is -0.387 e. The summed E-state index contributed by atoms with van der Waals surface area (Å²) in [5, 5.41) is 16.2. The average Bonchev–Trinajstić information content (AvgIpc) is 2.58. The number of fused-ring (bicyclic) bond motifs is 1. The second-order valence-electron chi connectivity index (χ2n) is 3.81. The molecule has 2 N–H and O–H groups in total. The largest absolute Gasteiger partial charge is 0.433 e. The van der Waals surface area contributed by atoms with E-state index in [0.29, 0.717) is 11.1 Å². The number of H-pyrrole nitrogens is 1. The maximum Gasteiger partial charge on any atom is 0.433 e. The van der Waals surface area contributed by atoms with Crippen LogP contribution >= 0.6 is 0 Å². The Morgan fingerprint density at radius 1 is 1.41 bits per heavy atom. The summed E-state index contributed by atoms with van der Waals surface area (Å²) in [5.41, 5.74) is -0.315. The lowest BCUT2D eigenvalue weighted by Gasteiger charge is -2.10. The van der Waals surface area contributed by atoms with Crippen LogP contribution in [-0.2, 0) is 6.18 Å². The lowest BCUT2D eigenvalue weighted by molar-refractivity contribution is -0.141. The van der Waals surface area contributed by atoms with E-state index in [9.17, 15) is 18.3 Å². The molecule has 1 atom stereocenters. The van der Waals surface area contributed by atoms with E-state index in [1.165, 1.54) is 6.92 Å². The Hall–Kier alpha value is -1.63. The topological polar surface area (TPSA) is 61.8 Å². The molecule has 0 saturated carbocycles. The number of nitrogens with one attached hydrogen (secondary N) is 1. The van der Waals surface area contributed by atoms with Gasteiger partial charge >= 0.3 is 6.18 Å². The minimum absolute atomic E-state index is 0.0702. The summed E-state index contributed by atoms with van der Waals surface area (Å²) in [5.74, 6) is 0. The van der Waals surface area contributed by atoms with E-state index in [-0.39, 0.29) is 11.2 Å². The van der Waals surface area contributed by atoms with E-state index in [0.717, 1.165) is 6.07 Å². The van der Waals surface area contributed by atoms with Crippen LogP contribution in [0, 0.1) is 6.92 Å². The molecule has 2 aromatic heterocycles. The number of aromatic nitrogens is 3. The molecule has 1 unspecified atom stereocenters. The van der Waals surface area contributed by atoms with Crippen molar-refractivity contribution < 1.29 is 18.3 Å². The highest BCUT2D eigenvalue weighted by molar-refractivity contribution is 5.83. The number of aromatic amines is 1. The van der Waals surface area contributed by atoms with E-state index in [1.54, 1.807) is 6.92 Å². The molecule has 0 aromatic carbocycles. The molecular formula is C10H10F3N3O. The van der Waals surface area contributed by atoms with Gasteiger partial charge in [-0.15, -0.1) is 0 Å². The van der Waals surface area contributed by atoms with Crippen molar-refractivity contribution in [2.24, 2.45) is 0 Å². The third-order valence-corrected chi connectivity index (χ3v) is 2.45. The number of pyridine rings is 1. The normalized spacial score (nSPS) is 14.2. The first-order chi connectivity index (χ1) is 7.80. The van der Waals surface area contributed by atoms with Crippen molar-refractivity contribution in [2.45, 2.75) is 26.1 Å². The average molecular weight is 245 g/mol. The number of rotatable bonds is 1. The fourth-order valence-corrected chi connectivity index (χ4v) is 1.60. The monoisotopic (exact) mass is 245 g/mol. The molecule has 92 valence electrons. The Morgan fingerprint density at radius 2 is 2.06 bits per heavy atom. The molecule has 2 heterocycles. The number of hydrogen-bond donors (Lipinski definition) is 2. The molecule has 0 aliphatic carbocycles. The van der Waals surface area contributed by atoms with Crippen LogP contribution in [0.1, 0.15) is 30.1 Å². The molecule has 0 saturated heterocycles. The van der Waals surface area contributed by atoms with Crippen molar-refractivity contribution in [3.05, 3.63) is 23.1 Å². The smallest absolute Gasteiger partial charge is 0.387 e. The third-order valence-electron chi connectivity index (χ3n) is 2.45. The third kappa shape index (κ3) is 1.97. The molecule has 2 rings (SSSR count). The first-order valence-electron chi connectivity index (χ1n) is 4.91. The Balaban J connectivity index is 2.78. The van der Waals surface area contributed by atoms with Crippen LogP contribution in [0.5, 0.6) is 0 Å². The van der Waals surface area contributed by atoms with Crippen LogP contribution in [0.25, 0.3) is 10.9 Å². The lowest BCUT2D eigenvalue weighted by Crippen LogP contribution is -2.11. The predicted molar refractivity (Wildman–Crippen MR) is 54.3 cm³/mol. The van der Waals surface area contributed by atoms with Gasteiger partial charge in [-0.25, -0.2) is 4.98 Å². The van der Waals surface area contributed by atoms with Gasteiger partial charge in [0.05, 0.1) is 11.8 Å². The molecule has 4 nitrogen and oxygen atoms in total. The van der Waals surface area contributed by atoms with E-state index < -0.39 is 18.0 Å². The lowest BCUT2D eigenvalue weighted by atomic mass is 10.1. The zero-order chi connectivity index (χ0) is 12.8. The van der Waals surface area contributed by atoms with Crippen LogP contribution in [0.2, 0.25) is 0 Å². The number of alkyl halides is 3. The maximum absolute atomic E-state index is 12.6. The summed E-state index contributed by atoms with van der Waals surface area (Å²) in [6.07, 6.45) is -5.65. The van der Waals surface area contributed by atoms with Crippen molar-refractivity contribution in [1.82, 2.24) is 15.2 Å². The van der Waals surface area contributed by atoms with E-state index in [2.05, 4.69) is 15.2 Å². The fourth-order valence-electron chi connectivity index (χ4n) is 1.60. The van der Waals surface area contributed by atoms with Gasteiger partial charge in [-0.1, -0.05) is 0 Å². The van der Waals surface area contributed by atoms with Crippen molar-refractivity contribution >= 4 is 10.9 Å². The molecule has 0 radical (unpaired) electrons. The summed E-state index contributed by atoms with van der Waals surface area (Å²) in [4.78, 5) is 3.43. The Labute approximate surface area is 94.5 Å². The molecular weight excluding hydrogens is 235 g/mol. The second kappa shape index (κ2) is 3.69. The van der Waals surface area contributed by atoms with Crippen LogP contribution in [0.4, 0.5) is 13.2 Å². The Kier molecular flexibility index (Phi) is 2.57. The summed E-state index contributed by atoms with van der Waals surface area (Å²) >= 11 is 0. The highest BCUT2D eigenvalue weighted by atomic mass is 19.4. The van der Waals surface area contributed by atoms with E-state index in [1.807, 2.05) is 0 Å². The Morgan fingerprint density at radius 3 is 2.59 bits per heavy atom. The number of aryl methyl sites for hydroxylation is 1. The molecule has 2 aromatic rings. The number of aliphatic hydroxyl groups is 1. The highest BCUT2D eigenvalue weighted by Gasteiger charge is 2.34. The van der Waals surface area contributed by atoms with Crippen molar-refractivity contribution in [3.63, 3.8) is 0 Å². The molecule has 0 aliphatic rings. The van der Waals surface area contributed by atoms with Crippen LogP contribution in [0.15, 0.2) is 6.07 Å². The molecule has 7 heteroatoms. The van der Waals surface area contributed by atoms with Gasteiger partial charge in [-0.3, -0.25) is 5.10 Å². The molecule has 0 spiro atoms. The van der Waals surface area contributed by atoms with Gasteiger partial charge in [0.15, 0.2) is 0 Å². The zero-order valence-electron chi connectivity index (χ0n) is 9.13. The van der Waals surface area contributed by atoms with Crippen LogP contribution in [0.3, 0.4) is 0 Å². The quantitative estimate of drug-likeness (QED) is 0.810. The molecule has 0 aliphatic heterocycles.